The Labute approximate surface area is 115 Å². The molecule has 0 saturated carbocycles. The first kappa shape index (κ1) is 15.5. The van der Waals surface area contributed by atoms with E-state index < -0.39 is 5.60 Å². The lowest BCUT2D eigenvalue weighted by molar-refractivity contribution is 0.0582. The SMILES string of the molecule is CCN(C(=O)OC(C)(C)C)c1ccccc1CCN. The van der Waals surface area contributed by atoms with Crippen LogP contribution >= 0.6 is 0 Å². The standard InChI is InChI=1S/C15H24N2O2/c1-5-17(14(18)19-15(2,3)4)13-9-7-6-8-12(13)10-11-16/h6-9H,5,10-11,16H2,1-4H3. The van der Waals surface area contributed by atoms with Crippen molar-refractivity contribution in [3.63, 3.8) is 0 Å². The Morgan fingerprint density at radius 2 is 1.95 bits per heavy atom. The van der Waals surface area contributed by atoms with Gasteiger partial charge in [-0.25, -0.2) is 4.79 Å². The first-order chi connectivity index (χ1) is 8.89. The van der Waals surface area contributed by atoms with Crippen LogP contribution in [-0.4, -0.2) is 24.8 Å². The third kappa shape index (κ3) is 4.56. The van der Waals surface area contributed by atoms with Gasteiger partial charge in [0.2, 0.25) is 0 Å². The number of para-hydroxylation sites is 1. The van der Waals surface area contributed by atoms with Crippen LogP contribution in [0.5, 0.6) is 0 Å². The summed E-state index contributed by atoms with van der Waals surface area (Å²) >= 11 is 0. The smallest absolute Gasteiger partial charge is 0.414 e. The van der Waals surface area contributed by atoms with Crippen LogP contribution in [0.4, 0.5) is 10.5 Å². The normalized spacial score (nSPS) is 11.2. The minimum Gasteiger partial charge on any atom is -0.443 e. The van der Waals surface area contributed by atoms with Gasteiger partial charge in [0.1, 0.15) is 5.60 Å². The van der Waals surface area contributed by atoms with Crippen molar-refractivity contribution >= 4 is 11.8 Å². The number of benzene rings is 1. The van der Waals surface area contributed by atoms with E-state index >= 15 is 0 Å². The third-order valence-electron chi connectivity index (χ3n) is 2.63. The Kier molecular flexibility index (Phi) is 5.36. The molecule has 0 aliphatic heterocycles. The van der Waals surface area contributed by atoms with Gasteiger partial charge in [0, 0.05) is 6.54 Å². The minimum atomic E-state index is -0.493. The molecule has 0 unspecified atom stereocenters. The van der Waals surface area contributed by atoms with Gasteiger partial charge in [-0.05, 0) is 52.3 Å². The summed E-state index contributed by atoms with van der Waals surface area (Å²) in [6.07, 6.45) is 0.426. The van der Waals surface area contributed by atoms with Crippen LogP contribution in [0.1, 0.15) is 33.3 Å². The highest BCUT2D eigenvalue weighted by Crippen LogP contribution is 2.23. The second-order valence-electron chi connectivity index (χ2n) is 5.39. The highest BCUT2D eigenvalue weighted by atomic mass is 16.6. The van der Waals surface area contributed by atoms with E-state index in [0.717, 1.165) is 17.7 Å². The van der Waals surface area contributed by atoms with Crippen molar-refractivity contribution in [1.82, 2.24) is 0 Å². The molecule has 0 saturated heterocycles. The maximum Gasteiger partial charge on any atom is 0.414 e. The maximum absolute atomic E-state index is 12.2. The number of rotatable bonds is 4. The van der Waals surface area contributed by atoms with Crippen LogP contribution in [0.3, 0.4) is 0 Å². The summed E-state index contributed by atoms with van der Waals surface area (Å²) in [5, 5.41) is 0. The first-order valence-corrected chi connectivity index (χ1v) is 6.67. The zero-order valence-electron chi connectivity index (χ0n) is 12.3. The molecule has 0 atom stereocenters. The molecule has 1 aromatic rings. The van der Waals surface area contributed by atoms with Crippen LogP contribution in [0.25, 0.3) is 0 Å². The molecule has 19 heavy (non-hydrogen) atoms. The molecule has 0 aliphatic rings. The van der Waals surface area contributed by atoms with Gasteiger partial charge in [0.25, 0.3) is 0 Å². The molecule has 0 heterocycles. The van der Waals surface area contributed by atoms with Crippen molar-refractivity contribution < 1.29 is 9.53 Å². The lowest BCUT2D eigenvalue weighted by Crippen LogP contribution is -2.37. The van der Waals surface area contributed by atoms with Crippen molar-refractivity contribution in [2.45, 2.75) is 39.7 Å². The van der Waals surface area contributed by atoms with E-state index in [1.165, 1.54) is 0 Å². The van der Waals surface area contributed by atoms with Gasteiger partial charge < -0.3 is 10.5 Å². The van der Waals surface area contributed by atoms with Gasteiger partial charge in [-0.3, -0.25) is 4.90 Å². The summed E-state index contributed by atoms with van der Waals surface area (Å²) < 4.78 is 5.43. The predicted octanol–water partition coefficient (Wildman–Crippen LogP) is 2.95. The fourth-order valence-electron chi connectivity index (χ4n) is 1.86. The zero-order chi connectivity index (χ0) is 14.5. The van der Waals surface area contributed by atoms with Crippen molar-refractivity contribution in [2.24, 2.45) is 5.73 Å². The summed E-state index contributed by atoms with van der Waals surface area (Å²) in [7, 11) is 0. The Balaban J connectivity index is 3.00. The van der Waals surface area contributed by atoms with Gasteiger partial charge in [-0.1, -0.05) is 18.2 Å². The summed E-state index contributed by atoms with van der Waals surface area (Å²) in [4.78, 5) is 13.9. The number of anilines is 1. The molecule has 0 radical (unpaired) electrons. The molecule has 0 spiro atoms. The van der Waals surface area contributed by atoms with Crippen LogP contribution in [0.15, 0.2) is 24.3 Å². The quantitative estimate of drug-likeness (QED) is 0.909. The topological polar surface area (TPSA) is 55.6 Å². The molecule has 1 aromatic carbocycles. The van der Waals surface area contributed by atoms with Crippen LogP contribution in [-0.2, 0) is 11.2 Å². The van der Waals surface area contributed by atoms with E-state index in [2.05, 4.69) is 0 Å². The van der Waals surface area contributed by atoms with Crippen molar-refractivity contribution in [2.75, 3.05) is 18.0 Å². The van der Waals surface area contributed by atoms with E-state index in [-0.39, 0.29) is 6.09 Å². The fraction of sp³-hybridized carbons (Fsp3) is 0.533. The van der Waals surface area contributed by atoms with E-state index in [9.17, 15) is 4.79 Å². The second-order valence-corrected chi connectivity index (χ2v) is 5.39. The highest BCUT2D eigenvalue weighted by Gasteiger charge is 2.23. The van der Waals surface area contributed by atoms with Crippen LogP contribution in [0.2, 0.25) is 0 Å². The average Bonchev–Trinajstić information content (AvgIpc) is 2.30. The van der Waals surface area contributed by atoms with Gasteiger partial charge in [0.05, 0.1) is 5.69 Å². The number of hydrogen-bond donors (Lipinski definition) is 1. The number of carbonyl (C=O) groups excluding carboxylic acids is 1. The lowest BCUT2D eigenvalue weighted by atomic mass is 10.1. The molecule has 1 amide bonds. The summed E-state index contributed by atoms with van der Waals surface area (Å²) in [6, 6.07) is 7.80. The molecule has 2 N–H and O–H groups in total. The molecule has 1 rings (SSSR count). The van der Waals surface area contributed by atoms with E-state index in [1.54, 1.807) is 4.90 Å². The number of hydrogen-bond acceptors (Lipinski definition) is 3. The predicted molar refractivity (Wildman–Crippen MR) is 78.5 cm³/mol. The summed E-state index contributed by atoms with van der Waals surface area (Å²) in [6.45, 7) is 8.65. The van der Waals surface area contributed by atoms with E-state index in [0.29, 0.717) is 13.1 Å². The van der Waals surface area contributed by atoms with Gasteiger partial charge in [-0.2, -0.15) is 0 Å². The Hall–Kier alpha value is -1.55. The van der Waals surface area contributed by atoms with E-state index in [1.807, 2.05) is 52.0 Å². The van der Waals surface area contributed by atoms with E-state index in [4.69, 9.17) is 10.5 Å². The fourth-order valence-corrected chi connectivity index (χ4v) is 1.86. The molecular formula is C15H24N2O2. The van der Waals surface area contributed by atoms with Crippen LogP contribution in [0, 0.1) is 0 Å². The second kappa shape index (κ2) is 6.57. The zero-order valence-corrected chi connectivity index (χ0v) is 12.3. The van der Waals surface area contributed by atoms with Gasteiger partial charge in [-0.15, -0.1) is 0 Å². The average molecular weight is 264 g/mol. The summed E-state index contributed by atoms with van der Waals surface area (Å²) in [5.74, 6) is 0. The van der Waals surface area contributed by atoms with Crippen molar-refractivity contribution in [3.8, 4) is 0 Å². The third-order valence-corrected chi connectivity index (χ3v) is 2.63. The molecular weight excluding hydrogens is 240 g/mol. The van der Waals surface area contributed by atoms with Gasteiger partial charge in [0.15, 0.2) is 0 Å². The summed E-state index contributed by atoms with van der Waals surface area (Å²) in [5.41, 5.74) is 7.07. The number of carbonyl (C=O) groups is 1. The highest BCUT2D eigenvalue weighted by molar-refractivity contribution is 5.88. The van der Waals surface area contributed by atoms with Crippen molar-refractivity contribution in [3.05, 3.63) is 29.8 Å². The maximum atomic E-state index is 12.2. The molecule has 0 fully saturated rings. The largest absolute Gasteiger partial charge is 0.443 e. The van der Waals surface area contributed by atoms with Crippen molar-refractivity contribution in [1.29, 1.82) is 0 Å². The molecule has 106 valence electrons. The number of amides is 1. The monoisotopic (exact) mass is 264 g/mol. The number of nitrogens with two attached hydrogens (primary N) is 1. The first-order valence-electron chi connectivity index (χ1n) is 6.67. The Morgan fingerprint density at radius 3 is 2.47 bits per heavy atom. The molecule has 0 aromatic heterocycles. The minimum absolute atomic E-state index is 0.320. The lowest BCUT2D eigenvalue weighted by Gasteiger charge is -2.28. The molecule has 4 nitrogen and oxygen atoms in total. The Bertz CT molecular complexity index is 424. The molecule has 4 heteroatoms. The molecule has 0 aliphatic carbocycles. The number of ether oxygens (including phenoxy) is 1. The number of nitrogens with zero attached hydrogens (tertiary/aromatic N) is 1. The molecule has 0 bridgehead atoms. The Morgan fingerprint density at radius 1 is 1.32 bits per heavy atom. The van der Waals surface area contributed by atoms with Gasteiger partial charge >= 0.3 is 6.09 Å². The van der Waals surface area contributed by atoms with Crippen LogP contribution < -0.4 is 10.6 Å².